The van der Waals surface area contributed by atoms with Crippen LogP contribution in [-0.2, 0) is 34.3 Å². The summed E-state index contributed by atoms with van der Waals surface area (Å²) in [5, 5.41) is 2.79. The second-order valence-electron chi connectivity index (χ2n) is 6.77. The molecule has 0 saturated carbocycles. The molecule has 158 valence electrons. The molecule has 0 fully saturated rings. The van der Waals surface area contributed by atoms with Gasteiger partial charge in [-0.25, -0.2) is 9.59 Å². The summed E-state index contributed by atoms with van der Waals surface area (Å²) in [6.07, 6.45) is 0.708. The third-order valence-electron chi connectivity index (χ3n) is 3.31. The Morgan fingerprint density at radius 2 is 1.79 bits per heavy atom. The number of alkyl carbamates (subject to hydrolysis) is 1. The second-order valence-corrected chi connectivity index (χ2v) is 8.79. The first-order chi connectivity index (χ1) is 13.0. The number of hydrogen-bond acceptors (Lipinski definition) is 8. The van der Waals surface area contributed by atoms with Gasteiger partial charge in [-0.15, -0.1) is 0 Å². The lowest BCUT2D eigenvalue weighted by atomic mass is 10.1. The van der Waals surface area contributed by atoms with E-state index in [1.165, 1.54) is 13.3 Å². The fraction of sp³-hybridized carbons (Fsp3) is 0.611. The van der Waals surface area contributed by atoms with Gasteiger partial charge in [0.25, 0.3) is 0 Å². The number of nitrogens with one attached hydrogen (secondary N) is 1. The number of hydrogen-bond donors (Lipinski definition) is 1. The van der Waals surface area contributed by atoms with Gasteiger partial charge in [0, 0.05) is 18.3 Å². The van der Waals surface area contributed by atoms with Crippen molar-refractivity contribution >= 4 is 25.0 Å². The molecule has 0 radical (unpaired) electrons. The highest BCUT2D eigenvalue weighted by Crippen LogP contribution is 2.46. The Balaban J connectivity index is 2.94. The fourth-order valence-corrected chi connectivity index (χ4v) is 3.73. The van der Waals surface area contributed by atoms with Crippen LogP contribution >= 0.6 is 7.60 Å². The maximum Gasteiger partial charge on any atom is 0.408 e. The highest BCUT2D eigenvalue weighted by molar-refractivity contribution is 7.62. The molecular weight excluding hydrogens is 387 g/mol. The molecule has 1 aromatic rings. The number of ether oxygens (including phenoxy) is 2. The molecule has 0 aromatic carbocycles. The highest BCUT2D eigenvalue weighted by atomic mass is 31.2. The van der Waals surface area contributed by atoms with Crippen LogP contribution in [0.15, 0.2) is 18.3 Å². The van der Waals surface area contributed by atoms with Crippen molar-refractivity contribution in [3.8, 4) is 0 Å². The van der Waals surface area contributed by atoms with Crippen LogP contribution in [0.1, 0.15) is 40.3 Å². The highest BCUT2D eigenvalue weighted by Gasteiger charge is 2.28. The van der Waals surface area contributed by atoms with E-state index in [-0.39, 0.29) is 19.6 Å². The summed E-state index contributed by atoms with van der Waals surface area (Å²) in [4.78, 5) is 28.2. The molecule has 0 spiro atoms. The second kappa shape index (κ2) is 10.5. The van der Waals surface area contributed by atoms with Gasteiger partial charge in [0.05, 0.1) is 25.6 Å². The van der Waals surface area contributed by atoms with Gasteiger partial charge in [-0.05, 0) is 46.8 Å². The first-order valence-corrected chi connectivity index (χ1v) is 10.5. The Labute approximate surface area is 165 Å². The van der Waals surface area contributed by atoms with E-state index in [4.69, 9.17) is 18.5 Å². The van der Waals surface area contributed by atoms with Crippen molar-refractivity contribution in [2.24, 2.45) is 0 Å². The molecule has 9 nitrogen and oxygen atoms in total. The molecule has 1 N–H and O–H groups in total. The van der Waals surface area contributed by atoms with Gasteiger partial charge in [0.15, 0.2) is 0 Å². The van der Waals surface area contributed by atoms with Gasteiger partial charge >= 0.3 is 19.7 Å². The smallest absolute Gasteiger partial charge is 0.408 e. The van der Waals surface area contributed by atoms with Crippen LogP contribution in [0.2, 0.25) is 0 Å². The van der Waals surface area contributed by atoms with Crippen molar-refractivity contribution in [1.82, 2.24) is 10.3 Å². The maximum absolute atomic E-state index is 12.7. The molecule has 0 aliphatic rings. The van der Waals surface area contributed by atoms with Crippen molar-refractivity contribution in [2.75, 3.05) is 20.3 Å². The number of methoxy groups -OCH3 is 1. The standard InChI is InChI=1S/C18H29N2O7P/c1-7-25-28(23,26-8-2)14-10-9-13(19-12-14)11-15(16(21)24-6)20-17(22)27-18(3,4)5/h9-10,12,15H,7-8,11H2,1-6H3,(H,20,22). The zero-order chi connectivity index (χ0) is 21.4. The molecule has 1 heterocycles. The number of carbonyl (C=O) groups is 2. The van der Waals surface area contributed by atoms with Crippen molar-refractivity contribution in [3.63, 3.8) is 0 Å². The van der Waals surface area contributed by atoms with E-state index in [9.17, 15) is 14.2 Å². The topological polar surface area (TPSA) is 113 Å². The molecule has 1 aromatic heterocycles. The fourth-order valence-electron chi connectivity index (χ4n) is 2.22. The largest absolute Gasteiger partial charge is 0.467 e. The van der Waals surface area contributed by atoms with Gasteiger partial charge < -0.3 is 23.8 Å². The zero-order valence-corrected chi connectivity index (χ0v) is 18.1. The Hall–Kier alpha value is -1.96. The molecule has 1 rings (SSSR count). The lowest BCUT2D eigenvalue weighted by Gasteiger charge is -2.22. The molecule has 0 aliphatic carbocycles. The number of carbonyl (C=O) groups excluding carboxylic acids is 2. The van der Waals surface area contributed by atoms with Gasteiger partial charge in [0.2, 0.25) is 0 Å². The number of nitrogens with zero attached hydrogens (tertiary/aromatic N) is 1. The summed E-state index contributed by atoms with van der Waals surface area (Å²) in [5.74, 6) is -0.633. The molecule has 1 unspecified atom stereocenters. The van der Waals surface area contributed by atoms with Gasteiger partial charge in [-0.1, -0.05) is 0 Å². The monoisotopic (exact) mass is 416 g/mol. The number of pyridine rings is 1. The molecule has 28 heavy (non-hydrogen) atoms. The Bertz CT molecular complexity index is 691. The molecular formula is C18H29N2O7P. The van der Waals surface area contributed by atoms with Crippen LogP contribution in [0, 0.1) is 0 Å². The van der Waals surface area contributed by atoms with Crippen LogP contribution in [0.25, 0.3) is 0 Å². The van der Waals surface area contributed by atoms with Crippen LogP contribution in [-0.4, -0.2) is 49.0 Å². The van der Waals surface area contributed by atoms with Gasteiger partial charge in [-0.3, -0.25) is 9.55 Å². The first kappa shape index (κ1) is 24.1. The summed E-state index contributed by atoms with van der Waals surface area (Å²) in [6.45, 7) is 9.04. The Kier molecular flexibility index (Phi) is 9.07. The average molecular weight is 416 g/mol. The van der Waals surface area contributed by atoms with Crippen LogP contribution in [0.4, 0.5) is 4.79 Å². The summed E-state index contributed by atoms with van der Waals surface area (Å²) in [5.41, 5.74) is -0.223. The van der Waals surface area contributed by atoms with E-state index in [1.807, 2.05) is 0 Å². The number of esters is 1. The van der Waals surface area contributed by atoms with Crippen LogP contribution in [0.3, 0.4) is 0 Å². The minimum absolute atomic E-state index is 0.0692. The van der Waals surface area contributed by atoms with Crippen molar-refractivity contribution in [3.05, 3.63) is 24.0 Å². The first-order valence-electron chi connectivity index (χ1n) is 8.96. The minimum atomic E-state index is -3.44. The average Bonchev–Trinajstić information content (AvgIpc) is 2.59. The lowest BCUT2D eigenvalue weighted by molar-refractivity contribution is -0.143. The van der Waals surface area contributed by atoms with E-state index in [1.54, 1.807) is 46.8 Å². The van der Waals surface area contributed by atoms with E-state index in [0.29, 0.717) is 11.0 Å². The molecule has 0 saturated heterocycles. The SMILES string of the molecule is CCOP(=O)(OCC)c1ccc(CC(NC(=O)OC(C)(C)C)C(=O)OC)nc1. The third kappa shape index (κ3) is 7.58. The van der Waals surface area contributed by atoms with Crippen molar-refractivity contribution < 1.29 is 32.7 Å². The Morgan fingerprint density at radius 1 is 1.18 bits per heavy atom. The van der Waals surface area contributed by atoms with Gasteiger partial charge in [0.1, 0.15) is 11.6 Å². The van der Waals surface area contributed by atoms with E-state index in [0.717, 1.165) is 0 Å². The molecule has 1 atom stereocenters. The molecule has 1 amide bonds. The molecule has 10 heteroatoms. The number of rotatable bonds is 9. The number of aromatic nitrogens is 1. The third-order valence-corrected chi connectivity index (χ3v) is 5.41. The van der Waals surface area contributed by atoms with E-state index in [2.05, 4.69) is 10.3 Å². The Morgan fingerprint density at radius 3 is 2.21 bits per heavy atom. The van der Waals surface area contributed by atoms with Crippen LogP contribution < -0.4 is 10.6 Å². The summed E-state index contributed by atoms with van der Waals surface area (Å²) >= 11 is 0. The minimum Gasteiger partial charge on any atom is -0.467 e. The summed E-state index contributed by atoms with van der Waals surface area (Å²) in [6, 6.07) is 2.17. The lowest BCUT2D eigenvalue weighted by Crippen LogP contribution is -2.45. The van der Waals surface area contributed by atoms with Crippen molar-refractivity contribution in [1.29, 1.82) is 0 Å². The normalized spacial score (nSPS) is 12.9. The van der Waals surface area contributed by atoms with Gasteiger partial charge in [-0.2, -0.15) is 0 Å². The zero-order valence-electron chi connectivity index (χ0n) is 17.2. The van der Waals surface area contributed by atoms with Crippen LogP contribution in [0.5, 0.6) is 0 Å². The van der Waals surface area contributed by atoms with Crippen molar-refractivity contribution in [2.45, 2.75) is 52.7 Å². The summed E-state index contributed by atoms with van der Waals surface area (Å²) in [7, 11) is -2.22. The maximum atomic E-state index is 12.7. The quantitative estimate of drug-likeness (QED) is 0.483. The molecule has 0 bridgehead atoms. The van der Waals surface area contributed by atoms with E-state index >= 15 is 0 Å². The summed E-state index contributed by atoms with van der Waals surface area (Å²) < 4.78 is 33.2. The predicted octanol–water partition coefficient (Wildman–Crippen LogP) is 2.58. The molecule has 0 aliphatic heterocycles. The predicted molar refractivity (Wildman–Crippen MR) is 104 cm³/mol. The van der Waals surface area contributed by atoms with E-state index < -0.39 is 31.3 Å². The number of amides is 1.